The second-order valence-corrected chi connectivity index (χ2v) is 3.78. The molecule has 1 aliphatic rings. The minimum Gasteiger partial charge on any atom is -0.493 e. The summed E-state index contributed by atoms with van der Waals surface area (Å²) in [4.78, 5) is 11.3. The summed E-state index contributed by atoms with van der Waals surface area (Å²) in [5.41, 5.74) is 1.69. The zero-order chi connectivity index (χ0) is 10.8. The number of ether oxygens (including phenoxy) is 2. The van der Waals surface area contributed by atoms with E-state index in [-0.39, 0.29) is 5.97 Å². The molecule has 0 saturated carbocycles. The standard InChI is InChI=1S/C12H14O3/c1-8-5-6-15-11-4-3-9(7-10(8)11)12(13)14-2/h3-4,7-8H,5-6H2,1-2H3/t8-/m1/s1. The lowest BCUT2D eigenvalue weighted by Gasteiger charge is -2.23. The van der Waals surface area contributed by atoms with Crippen LogP contribution in [0.3, 0.4) is 0 Å². The Balaban J connectivity index is 2.39. The maximum Gasteiger partial charge on any atom is 0.337 e. The van der Waals surface area contributed by atoms with Crippen molar-refractivity contribution in [1.29, 1.82) is 0 Å². The normalized spacial score (nSPS) is 18.9. The van der Waals surface area contributed by atoms with Gasteiger partial charge >= 0.3 is 5.97 Å². The SMILES string of the molecule is COC(=O)c1ccc2c(c1)[C@H](C)CCO2. The largest absolute Gasteiger partial charge is 0.493 e. The number of esters is 1. The fraction of sp³-hybridized carbons (Fsp3) is 0.417. The van der Waals surface area contributed by atoms with Crippen molar-refractivity contribution in [2.75, 3.05) is 13.7 Å². The van der Waals surface area contributed by atoms with Crippen molar-refractivity contribution >= 4 is 5.97 Å². The first-order valence-electron chi connectivity index (χ1n) is 5.07. The molecule has 2 rings (SSSR count). The molecule has 0 N–H and O–H groups in total. The smallest absolute Gasteiger partial charge is 0.337 e. The highest BCUT2D eigenvalue weighted by Gasteiger charge is 2.19. The lowest BCUT2D eigenvalue weighted by molar-refractivity contribution is 0.0600. The van der Waals surface area contributed by atoms with Crippen LogP contribution in [0.5, 0.6) is 5.75 Å². The van der Waals surface area contributed by atoms with Gasteiger partial charge in [0.05, 0.1) is 19.3 Å². The van der Waals surface area contributed by atoms with Gasteiger partial charge in [0, 0.05) is 0 Å². The van der Waals surface area contributed by atoms with E-state index in [0.29, 0.717) is 11.5 Å². The van der Waals surface area contributed by atoms with Gasteiger partial charge in [-0.1, -0.05) is 6.92 Å². The summed E-state index contributed by atoms with van der Waals surface area (Å²) in [6, 6.07) is 5.45. The van der Waals surface area contributed by atoms with Gasteiger partial charge in [-0.3, -0.25) is 0 Å². The first-order chi connectivity index (χ1) is 7.22. The second-order valence-electron chi connectivity index (χ2n) is 3.78. The Kier molecular flexibility index (Phi) is 2.62. The van der Waals surface area contributed by atoms with Crippen LogP contribution in [0.2, 0.25) is 0 Å². The maximum atomic E-state index is 11.3. The van der Waals surface area contributed by atoms with E-state index in [0.717, 1.165) is 24.3 Å². The van der Waals surface area contributed by atoms with Crippen LogP contribution in [0.25, 0.3) is 0 Å². The molecule has 0 spiro atoms. The average molecular weight is 206 g/mol. The molecule has 3 nitrogen and oxygen atoms in total. The molecule has 1 aromatic carbocycles. The number of hydrogen-bond acceptors (Lipinski definition) is 3. The van der Waals surface area contributed by atoms with E-state index < -0.39 is 0 Å². The van der Waals surface area contributed by atoms with E-state index >= 15 is 0 Å². The van der Waals surface area contributed by atoms with Crippen molar-refractivity contribution in [3.8, 4) is 5.75 Å². The summed E-state index contributed by atoms with van der Waals surface area (Å²) >= 11 is 0. The molecule has 15 heavy (non-hydrogen) atoms. The molecule has 1 atom stereocenters. The van der Waals surface area contributed by atoms with Crippen molar-refractivity contribution in [3.63, 3.8) is 0 Å². The van der Waals surface area contributed by atoms with Crippen LogP contribution in [0.4, 0.5) is 0 Å². The summed E-state index contributed by atoms with van der Waals surface area (Å²) in [5.74, 6) is 1.04. The number of methoxy groups -OCH3 is 1. The molecule has 0 bridgehead atoms. The van der Waals surface area contributed by atoms with Crippen LogP contribution in [-0.2, 0) is 4.74 Å². The molecule has 1 aliphatic heterocycles. The average Bonchev–Trinajstić information content (AvgIpc) is 2.28. The Morgan fingerprint density at radius 2 is 2.33 bits per heavy atom. The van der Waals surface area contributed by atoms with Crippen LogP contribution < -0.4 is 4.74 Å². The van der Waals surface area contributed by atoms with E-state index in [9.17, 15) is 4.79 Å². The van der Waals surface area contributed by atoms with E-state index in [1.165, 1.54) is 7.11 Å². The Bertz CT molecular complexity index is 384. The van der Waals surface area contributed by atoms with Crippen LogP contribution in [-0.4, -0.2) is 19.7 Å². The van der Waals surface area contributed by atoms with Gasteiger partial charge in [0.1, 0.15) is 5.75 Å². The summed E-state index contributed by atoms with van der Waals surface area (Å²) in [5, 5.41) is 0. The maximum absolute atomic E-state index is 11.3. The zero-order valence-corrected chi connectivity index (χ0v) is 8.95. The van der Waals surface area contributed by atoms with Crippen molar-refractivity contribution in [2.24, 2.45) is 0 Å². The van der Waals surface area contributed by atoms with E-state index in [2.05, 4.69) is 11.7 Å². The molecule has 3 heteroatoms. The van der Waals surface area contributed by atoms with Crippen LogP contribution >= 0.6 is 0 Å². The van der Waals surface area contributed by atoms with Crippen LogP contribution in [0.15, 0.2) is 18.2 Å². The van der Waals surface area contributed by atoms with Crippen molar-refractivity contribution in [3.05, 3.63) is 29.3 Å². The Labute approximate surface area is 89.0 Å². The molecule has 0 radical (unpaired) electrons. The fourth-order valence-corrected chi connectivity index (χ4v) is 1.81. The number of carbonyl (C=O) groups excluding carboxylic acids is 1. The lowest BCUT2D eigenvalue weighted by Crippen LogP contribution is -2.13. The quantitative estimate of drug-likeness (QED) is 0.662. The Morgan fingerprint density at radius 1 is 1.53 bits per heavy atom. The highest BCUT2D eigenvalue weighted by molar-refractivity contribution is 5.89. The first kappa shape index (κ1) is 10.0. The second kappa shape index (κ2) is 3.93. The van der Waals surface area contributed by atoms with Crippen molar-refractivity contribution in [2.45, 2.75) is 19.3 Å². The Hall–Kier alpha value is -1.51. The van der Waals surface area contributed by atoms with Crippen molar-refractivity contribution in [1.82, 2.24) is 0 Å². The van der Waals surface area contributed by atoms with Crippen LogP contribution in [0.1, 0.15) is 35.2 Å². The molecular weight excluding hydrogens is 192 g/mol. The predicted molar refractivity (Wildman–Crippen MR) is 56.3 cm³/mol. The summed E-state index contributed by atoms with van der Waals surface area (Å²) in [7, 11) is 1.39. The molecule has 0 fully saturated rings. The molecule has 0 amide bonds. The summed E-state index contributed by atoms with van der Waals surface area (Å²) < 4.78 is 10.2. The van der Waals surface area contributed by atoms with Gasteiger partial charge in [-0.25, -0.2) is 4.79 Å². The van der Waals surface area contributed by atoms with Gasteiger partial charge in [-0.15, -0.1) is 0 Å². The van der Waals surface area contributed by atoms with Gasteiger partial charge in [0.25, 0.3) is 0 Å². The molecular formula is C12H14O3. The molecule has 80 valence electrons. The number of rotatable bonds is 1. The van der Waals surface area contributed by atoms with Gasteiger partial charge in [-0.05, 0) is 36.1 Å². The highest BCUT2D eigenvalue weighted by Crippen LogP contribution is 2.33. The number of hydrogen-bond donors (Lipinski definition) is 0. The minimum atomic E-state index is -0.296. The van der Waals surface area contributed by atoms with Crippen LogP contribution in [0, 0.1) is 0 Å². The fourth-order valence-electron chi connectivity index (χ4n) is 1.81. The minimum absolute atomic E-state index is 0.296. The third-order valence-corrected chi connectivity index (χ3v) is 2.77. The molecule has 0 saturated heterocycles. The topological polar surface area (TPSA) is 35.5 Å². The van der Waals surface area contributed by atoms with Gasteiger partial charge < -0.3 is 9.47 Å². The highest BCUT2D eigenvalue weighted by atomic mass is 16.5. The number of benzene rings is 1. The van der Waals surface area contributed by atoms with Crippen molar-refractivity contribution < 1.29 is 14.3 Å². The molecule has 1 heterocycles. The number of fused-ring (bicyclic) bond motifs is 1. The lowest BCUT2D eigenvalue weighted by atomic mass is 9.93. The van der Waals surface area contributed by atoms with E-state index in [4.69, 9.17) is 4.74 Å². The van der Waals surface area contributed by atoms with E-state index in [1.807, 2.05) is 12.1 Å². The van der Waals surface area contributed by atoms with Gasteiger partial charge in [-0.2, -0.15) is 0 Å². The molecule has 0 aliphatic carbocycles. The molecule has 1 aromatic rings. The third kappa shape index (κ3) is 1.82. The molecule has 0 aromatic heterocycles. The number of carbonyl (C=O) groups is 1. The summed E-state index contributed by atoms with van der Waals surface area (Å²) in [6.45, 7) is 2.90. The predicted octanol–water partition coefficient (Wildman–Crippen LogP) is 2.36. The Morgan fingerprint density at radius 3 is 3.07 bits per heavy atom. The molecule has 0 unspecified atom stereocenters. The van der Waals surface area contributed by atoms with E-state index in [1.54, 1.807) is 6.07 Å². The third-order valence-electron chi connectivity index (χ3n) is 2.77. The van der Waals surface area contributed by atoms with Gasteiger partial charge in [0.2, 0.25) is 0 Å². The monoisotopic (exact) mass is 206 g/mol. The van der Waals surface area contributed by atoms with Gasteiger partial charge in [0.15, 0.2) is 0 Å². The summed E-state index contributed by atoms with van der Waals surface area (Å²) in [6.07, 6.45) is 0.998. The zero-order valence-electron chi connectivity index (χ0n) is 8.95. The first-order valence-corrected chi connectivity index (χ1v) is 5.07.